The lowest BCUT2D eigenvalue weighted by molar-refractivity contribution is -0.105. The van der Waals surface area contributed by atoms with Crippen LogP contribution in [-0.2, 0) is 4.79 Å². The summed E-state index contributed by atoms with van der Waals surface area (Å²) >= 11 is 0. The fourth-order valence-electron chi connectivity index (χ4n) is 1.79. The van der Waals surface area contributed by atoms with Gasteiger partial charge in [-0.3, -0.25) is 4.79 Å². The Morgan fingerprint density at radius 3 is 2.67 bits per heavy atom. The summed E-state index contributed by atoms with van der Waals surface area (Å²) in [4.78, 5) is 10.7. The van der Waals surface area contributed by atoms with E-state index < -0.39 is 0 Å². The molecule has 0 spiro atoms. The zero-order chi connectivity index (χ0) is 9.14. The van der Waals surface area contributed by atoms with Gasteiger partial charge in [-0.2, -0.15) is 0 Å². The quantitative estimate of drug-likeness (QED) is 0.576. The third-order valence-electron chi connectivity index (χ3n) is 2.90. The van der Waals surface area contributed by atoms with Crippen molar-refractivity contribution < 1.29 is 4.79 Å². The Balaban J connectivity index is 2.73. The molecule has 0 aromatic carbocycles. The van der Waals surface area contributed by atoms with Gasteiger partial charge in [0, 0.05) is 0 Å². The Hall–Kier alpha value is -0.590. The molecule has 1 heteroatoms. The zero-order valence-electron chi connectivity index (χ0n) is 8.21. The number of aldehydes is 1. The average molecular weight is 166 g/mol. The smallest absolute Gasteiger partial charge is 0.145 e. The first-order valence-corrected chi connectivity index (χ1v) is 4.82. The van der Waals surface area contributed by atoms with E-state index in [1.807, 2.05) is 0 Å². The first-order chi connectivity index (χ1) is 5.65. The van der Waals surface area contributed by atoms with Crippen LogP contribution < -0.4 is 0 Å². The van der Waals surface area contributed by atoms with Gasteiger partial charge in [0.25, 0.3) is 0 Å². The molecule has 0 bridgehead atoms. The molecule has 0 saturated carbocycles. The van der Waals surface area contributed by atoms with Crippen LogP contribution in [0.1, 0.15) is 33.6 Å². The summed E-state index contributed by atoms with van der Waals surface area (Å²) in [5, 5.41) is 0. The first kappa shape index (κ1) is 9.50. The Labute approximate surface area is 74.9 Å². The molecule has 0 aromatic rings. The van der Waals surface area contributed by atoms with Gasteiger partial charge in [0.05, 0.1) is 0 Å². The molecule has 1 nitrogen and oxygen atoms in total. The summed E-state index contributed by atoms with van der Waals surface area (Å²) in [5.41, 5.74) is 1.01. The van der Waals surface area contributed by atoms with Gasteiger partial charge in [0.2, 0.25) is 0 Å². The minimum absolute atomic E-state index is 0.484. The van der Waals surface area contributed by atoms with Crippen molar-refractivity contribution in [3.05, 3.63) is 11.6 Å². The molecule has 68 valence electrons. The van der Waals surface area contributed by atoms with Crippen LogP contribution in [0.3, 0.4) is 0 Å². The maximum atomic E-state index is 10.7. The molecule has 1 aliphatic carbocycles. The number of rotatable bonds is 2. The van der Waals surface area contributed by atoms with Gasteiger partial charge in [0.15, 0.2) is 0 Å². The Bertz CT molecular complexity index is 191. The van der Waals surface area contributed by atoms with Crippen LogP contribution in [-0.4, -0.2) is 6.29 Å². The van der Waals surface area contributed by atoms with Crippen LogP contribution in [0.2, 0.25) is 0 Å². The first-order valence-electron chi connectivity index (χ1n) is 4.82. The van der Waals surface area contributed by atoms with E-state index in [2.05, 4.69) is 26.8 Å². The van der Waals surface area contributed by atoms with Crippen LogP contribution >= 0.6 is 0 Å². The van der Waals surface area contributed by atoms with Crippen molar-refractivity contribution in [2.75, 3.05) is 0 Å². The number of hydrogen-bond acceptors (Lipinski definition) is 1. The van der Waals surface area contributed by atoms with Crippen molar-refractivity contribution in [1.82, 2.24) is 0 Å². The average Bonchev–Trinajstić information content (AvgIpc) is 2.05. The number of hydrogen-bond donors (Lipinski definition) is 0. The third-order valence-corrected chi connectivity index (χ3v) is 2.90. The third kappa shape index (κ3) is 1.96. The minimum Gasteiger partial charge on any atom is -0.298 e. The van der Waals surface area contributed by atoms with E-state index in [9.17, 15) is 4.79 Å². The standard InChI is InChI=1S/C11H18O/c1-8(2)10-5-4-9(3)11(6-10)7-12/h6-10H,4-5H2,1-3H3. The van der Waals surface area contributed by atoms with E-state index in [0.29, 0.717) is 17.8 Å². The summed E-state index contributed by atoms with van der Waals surface area (Å²) in [7, 11) is 0. The lowest BCUT2D eigenvalue weighted by Crippen LogP contribution is -2.16. The van der Waals surface area contributed by atoms with Gasteiger partial charge in [-0.1, -0.05) is 26.8 Å². The predicted molar refractivity (Wildman–Crippen MR) is 50.9 cm³/mol. The van der Waals surface area contributed by atoms with E-state index in [-0.39, 0.29) is 0 Å². The number of carbonyl (C=O) groups is 1. The summed E-state index contributed by atoms with van der Waals surface area (Å²) < 4.78 is 0. The largest absolute Gasteiger partial charge is 0.298 e. The van der Waals surface area contributed by atoms with Crippen molar-refractivity contribution in [3.63, 3.8) is 0 Å². The SMILES string of the molecule is CC1CCC(C(C)C)C=C1C=O. The second-order valence-electron chi connectivity index (χ2n) is 4.17. The summed E-state index contributed by atoms with van der Waals surface area (Å²) in [6.07, 6.45) is 5.62. The highest BCUT2D eigenvalue weighted by Gasteiger charge is 2.20. The molecule has 2 unspecified atom stereocenters. The fraction of sp³-hybridized carbons (Fsp3) is 0.727. The van der Waals surface area contributed by atoms with Crippen LogP contribution in [0.15, 0.2) is 11.6 Å². The van der Waals surface area contributed by atoms with Gasteiger partial charge in [-0.15, -0.1) is 0 Å². The molecule has 1 aliphatic rings. The minimum atomic E-state index is 0.484. The molecule has 12 heavy (non-hydrogen) atoms. The molecule has 2 atom stereocenters. The molecule has 1 rings (SSSR count). The topological polar surface area (TPSA) is 17.1 Å². The molecule has 0 saturated heterocycles. The van der Waals surface area contributed by atoms with Gasteiger partial charge < -0.3 is 0 Å². The molecule has 0 N–H and O–H groups in total. The normalized spacial score (nSPS) is 30.2. The maximum Gasteiger partial charge on any atom is 0.145 e. The van der Waals surface area contributed by atoms with Crippen LogP contribution in [0.25, 0.3) is 0 Å². The summed E-state index contributed by atoms with van der Waals surface area (Å²) in [6, 6.07) is 0. The van der Waals surface area contributed by atoms with Gasteiger partial charge >= 0.3 is 0 Å². The Morgan fingerprint density at radius 2 is 2.17 bits per heavy atom. The van der Waals surface area contributed by atoms with E-state index >= 15 is 0 Å². The van der Waals surface area contributed by atoms with Gasteiger partial charge in [-0.05, 0) is 36.2 Å². The van der Waals surface area contributed by atoms with E-state index in [4.69, 9.17) is 0 Å². The zero-order valence-corrected chi connectivity index (χ0v) is 8.21. The van der Waals surface area contributed by atoms with Gasteiger partial charge in [0.1, 0.15) is 6.29 Å². The van der Waals surface area contributed by atoms with Crippen molar-refractivity contribution in [3.8, 4) is 0 Å². The number of carbonyl (C=O) groups excluding carboxylic acids is 1. The summed E-state index contributed by atoms with van der Waals surface area (Å²) in [6.45, 7) is 6.58. The molecular formula is C11H18O. The van der Waals surface area contributed by atoms with E-state index in [1.165, 1.54) is 12.8 Å². The Kier molecular flexibility index (Phi) is 3.07. The second-order valence-corrected chi connectivity index (χ2v) is 4.17. The van der Waals surface area contributed by atoms with Crippen molar-refractivity contribution in [1.29, 1.82) is 0 Å². The maximum absolute atomic E-state index is 10.7. The highest BCUT2D eigenvalue weighted by molar-refractivity contribution is 5.74. The molecule has 0 radical (unpaired) electrons. The predicted octanol–water partition coefficient (Wildman–Crippen LogP) is 2.81. The molecule has 0 aliphatic heterocycles. The highest BCUT2D eigenvalue weighted by Crippen LogP contribution is 2.30. The van der Waals surface area contributed by atoms with E-state index in [0.717, 1.165) is 11.9 Å². The molecule has 0 amide bonds. The van der Waals surface area contributed by atoms with Gasteiger partial charge in [-0.25, -0.2) is 0 Å². The monoisotopic (exact) mass is 166 g/mol. The lowest BCUT2D eigenvalue weighted by Gasteiger charge is -2.26. The molecule has 0 heterocycles. The van der Waals surface area contributed by atoms with Crippen molar-refractivity contribution >= 4 is 6.29 Å². The van der Waals surface area contributed by atoms with Crippen LogP contribution in [0.5, 0.6) is 0 Å². The summed E-state index contributed by atoms with van der Waals surface area (Å²) in [5.74, 6) is 1.78. The Morgan fingerprint density at radius 1 is 1.50 bits per heavy atom. The van der Waals surface area contributed by atoms with Crippen LogP contribution in [0, 0.1) is 17.8 Å². The second kappa shape index (κ2) is 3.88. The van der Waals surface area contributed by atoms with Crippen molar-refractivity contribution in [2.24, 2.45) is 17.8 Å². The van der Waals surface area contributed by atoms with Crippen molar-refractivity contribution in [2.45, 2.75) is 33.6 Å². The fourth-order valence-corrected chi connectivity index (χ4v) is 1.79. The number of allylic oxidation sites excluding steroid dienone is 2. The highest BCUT2D eigenvalue weighted by atomic mass is 16.1. The molecule has 0 aromatic heterocycles. The molecule has 0 fully saturated rings. The van der Waals surface area contributed by atoms with E-state index in [1.54, 1.807) is 0 Å². The lowest BCUT2D eigenvalue weighted by atomic mass is 9.79. The molecular weight excluding hydrogens is 148 g/mol. The van der Waals surface area contributed by atoms with Crippen LogP contribution in [0.4, 0.5) is 0 Å².